The van der Waals surface area contributed by atoms with Crippen molar-refractivity contribution in [2.45, 2.75) is 30.3 Å². The SMILES string of the molecule is N=C1N(O)[C@@H](CC(=O)ON)[C@@H]2N=C(N)NC23C(=O)[C@@H](OS(=O)(=O)O)CN13. The van der Waals surface area contributed by atoms with E-state index in [1.807, 2.05) is 0 Å². The molecule has 4 atom stereocenters. The van der Waals surface area contributed by atoms with Gasteiger partial charge in [0, 0.05) is 0 Å². The topological polar surface area (TPSA) is 234 Å². The zero-order valence-electron chi connectivity index (χ0n) is 12.9. The lowest BCUT2D eigenvalue weighted by Gasteiger charge is -2.49. The quantitative estimate of drug-likeness (QED) is 0.197. The predicted octanol–water partition coefficient (Wildman–Crippen LogP) is -4.14. The van der Waals surface area contributed by atoms with Crippen molar-refractivity contribution < 1.29 is 36.8 Å². The monoisotopic (exact) mass is 393 g/mol. The van der Waals surface area contributed by atoms with Crippen LogP contribution in [0.5, 0.6) is 0 Å². The third-order valence-corrected chi connectivity index (χ3v) is 4.84. The Kier molecular flexibility index (Phi) is 4.03. The summed E-state index contributed by atoms with van der Waals surface area (Å²) in [6.45, 7) is -0.505. The van der Waals surface area contributed by atoms with E-state index in [0.29, 0.717) is 5.06 Å². The molecule has 0 aromatic rings. The summed E-state index contributed by atoms with van der Waals surface area (Å²) in [5.74, 6) is 2.03. The fourth-order valence-electron chi connectivity index (χ4n) is 3.42. The number of hydroxylamine groups is 2. The number of hydrogen-bond donors (Lipinski definition) is 6. The molecule has 3 aliphatic heterocycles. The van der Waals surface area contributed by atoms with Gasteiger partial charge in [-0.3, -0.25) is 24.8 Å². The molecule has 0 saturated carbocycles. The Bertz CT molecular complexity index is 814. The second-order valence-electron chi connectivity index (χ2n) is 5.77. The first kappa shape index (κ1) is 18.3. The van der Waals surface area contributed by atoms with E-state index >= 15 is 0 Å². The highest BCUT2D eigenvalue weighted by atomic mass is 32.3. The largest absolute Gasteiger partial charge is 0.398 e. The van der Waals surface area contributed by atoms with Gasteiger partial charge in [-0.2, -0.15) is 14.3 Å². The molecule has 0 aromatic carbocycles. The molecule has 16 heteroatoms. The summed E-state index contributed by atoms with van der Waals surface area (Å²) < 4.78 is 35.2. The minimum absolute atomic E-state index is 0.241. The van der Waals surface area contributed by atoms with Crippen molar-refractivity contribution in [2.75, 3.05) is 6.54 Å². The number of guanidine groups is 2. The van der Waals surface area contributed by atoms with Crippen LogP contribution in [0.3, 0.4) is 0 Å². The van der Waals surface area contributed by atoms with Gasteiger partial charge in [0.05, 0.1) is 19.0 Å². The van der Waals surface area contributed by atoms with Gasteiger partial charge in [0.2, 0.25) is 17.4 Å². The number of rotatable bonds is 4. The lowest BCUT2D eigenvalue weighted by atomic mass is 9.87. The Morgan fingerprint density at radius 3 is 2.77 bits per heavy atom. The van der Waals surface area contributed by atoms with Gasteiger partial charge in [0.15, 0.2) is 12.1 Å². The van der Waals surface area contributed by atoms with Crippen molar-refractivity contribution >= 4 is 34.1 Å². The van der Waals surface area contributed by atoms with E-state index in [1.165, 1.54) is 0 Å². The third kappa shape index (κ3) is 2.54. The first-order valence-corrected chi connectivity index (χ1v) is 8.43. The van der Waals surface area contributed by atoms with E-state index < -0.39 is 64.9 Å². The Hall–Kier alpha value is -2.53. The summed E-state index contributed by atoms with van der Waals surface area (Å²) in [6.07, 6.45) is -2.25. The maximum atomic E-state index is 12.8. The molecule has 26 heavy (non-hydrogen) atoms. The van der Waals surface area contributed by atoms with E-state index in [4.69, 9.17) is 21.6 Å². The minimum Gasteiger partial charge on any atom is -0.373 e. The van der Waals surface area contributed by atoms with Gasteiger partial charge in [-0.1, -0.05) is 0 Å². The number of nitrogens with two attached hydrogens (primary N) is 2. The van der Waals surface area contributed by atoms with Crippen LogP contribution >= 0.6 is 0 Å². The fourth-order valence-corrected chi connectivity index (χ4v) is 3.86. The summed E-state index contributed by atoms with van der Waals surface area (Å²) in [4.78, 5) is 33.4. The van der Waals surface area contributed by atoms with Crippen LogP contribution in [0.2, 0.25) is 0 Å². The Morgan fingerprint density at radius 1 is 1.54 bits per heavy atom. The van der Waals surface area contributed by atoms with Crippen molar-refractivity contribution in [2.24, 2.45) is 16.6 Å². The molecule has 8 N–H and O–H groups in total. The van der Waals surface area contributed by atoms with Crippen LogP contribution in [0.25, 0.3) is 0 Å². The van der Waals surface area contributed by atoms with Gasteiger partial charge in [0.1, 0.15) is 6.04 Å². The molecule has 2 fully saturated rings. The Balaban J connectivity index is 2.04. The minimum atomic E-state index is -4.98. The molecule has 2 saturated heterocycles. The van der Waals surface area contributed by atoms with Crippen LogP contribution < -0.4 is 16.9 Å². The third-order valence-electron chi connectivity index (χ3n) is 4.36. The van der Waals surface area contributed by atoms with Gasteiger partial charge in [-0.15, -0.1) is 0 Å². The average molecular weight is 393 g/mol. The van der Waals surface area contributed by atoms with Crippen LogP contribution in [0.15, 0.2) is 4.99 Å². The van der Waals surface area contributed by atoms with Gasteiger partial charge in [0.25, 0.3) is 0 Å². The van der Waals surface area contributed by atoms with Crippen LogP contribution in [0, 0.1) is 5.41 Å². The summed E-state index contributed by atoms with van der Waals surface area (Å²) in [5, 5.41) is 21.2. The zero-order chi connectivity index (χ0) is 19.4. The molecule has 3 aliphatic rings. The maximum absolute atomic E-state index is 12.8. The van der Waals surface area contributed by atoms with Crippen molar-refractivity contribution in [3.05, 3.63) is 0 Å². The van der Waals surface area contributed by atoms with Gasteiger partial charge >= 0.3 is 16.4 Å². The lowest BCUT2D eigenvalue weighted by Crippen LogP contribution is -2.75. The first-order chi connectivity index (χ1) is 12.0. The fraction of sp³-hybridized carbons (Fsp3) is 0.600. The molecule has 3 heterocycles. The van der Waals surface area contributed by atoms with E-state index in [2.05, 4.69) is 19.3 Å². The summed E-state index contributed by atoms with van der Waals surface area (Å²) in [7, 11) is -4.98. The smallest absolute Gasteiger partial charge is 0.373 e. The average Bonchev–Trinajstić information content (AvgIpc) is 3.02. The van der Waals surface area contributed by atoms with E-state index in [0.717, 1.165) is 4.90 Å². The number of nitrogens with one attached hydrogen (secondary N) is 2. The molecule has 3 rings (SSSR count). The van der Waals surface area contributed by atoms with Gasteiger partial charge < -0.3 is 20.8 Å². The van der Waals surface area contributed by atoms with Crippen LogP contribution in [-0.2, 0) is 29.0 Å². The highest BCUT2D eigenvalue weighted by Crippen LogP contribution is 2.40. The van der Waals surface area contributed by atoms with Crippen molar-refractivity contribution in [1.29, 1.82) is 5.41 Å². The van der Waals surface area contributed by atoms with Crippen LogP contribution in [0.1, 0.15) is 6.42 Å². The summed E-state index contributed by atoms with van der Waals surface area (Å²) in [5.41, 5.74) is 3.76. The molecule has 0 aromatic heterocycles. The maximum Gasteiger partial charge on any atom is 0.398 e. The number of hydrogen-bond acceptors (Lipinski definition) is 12. The number of nitrogens with zero attached hydrogens (tertiary/aromatic N) is 3. The number of Topliss-reactive ketones (excluding diaryl/α,β-unsaturated/α-hetero) is 1. The highest BCUT2D eigenvalue weighted by molar-refractivity contribution is 7.80. The van der Waals surface area contributed by atoms with E-state index in [1.54, 1.807) is 0 Å². The van der Waals surface area contributed by atoms with Gasteiger partial charge in [-0.25, -0.2) is 14.2 Å². The number of aliphatic imine (C=N–C) groups is 1. The molecule has 15 nitrogen and oxygen atoms in total. The lowest BCUT2D eigenvalue weighted by molar-refractivity contribution is -0.158. The van der Waals surface area contributed by atoms with E-state index in [9.17, 15) is 23.2 Å². The standard InChI is InChI=1S/C10H15N7O8S/c11-8-14-6-3(1-5(18)24-13)17(20)9(12)16-2-4(25-26(21,22)23)7(19)10(6,16)15-8/h3-4,6,12,20H,1-2,13H2,(H3,11,14,15)(H,21,22,23)/t3-,4-,6-,10?/m0/s1. The van der Waals surface area contributed by atoms with E-state index in [-0.39, 0.29) is 5.96 Å². The molecule has 1 unspecified atom stereocenters. The summed E-state index contributed by atoms with van der Waals surface area (Å²) >= 11 is 0. The van der Waals surface area contributed by atoms with Crippen molar-refractivity contribution in [3.8, 4) is 0 Å². The molecular formula is C10H15N7O8S. The first-order valence-electron chi connectivity index (χ1n) is 7.06. The second-order valence-corrected chi connectivity index (χ2v) is 6.82. The number of ketones is 1. The molecular weight excluding hydrogens is 378 g/mol. The molecule has 144 valence electrons. The number of carbonyl (C=O) groups is 2. The zero-order valence-corrected chi connectivity index (χ0v) is 13.7. The Morgan fingerprint density at radius 2 is 2.19 bits per heavy atom. The Labute approximate surface area is 145 Å². The van der Waals surface area contributed by atoms with Crippen LogP contribution in [0.4, 0.5) is 0 Å². The molecule has 1 spiro atoms. The molecule has 0 amide bonds. The molecule has 0 bridgehead atoms. The highest BCUT2D eigenvalue weighted by Gasteiger charge is 2.69. The predicted molar refractivity (Wildman–Crippen MR) is 79.4 cm³/mol. The molecule has 0 aliphatic carbocycles. The van der Waals surface area contributed by atoms with Crippen molar-refractivity contribution in [3.63, 3.8) is 0 Å². The molecule has 0 radical (unpaired) electrons. The van der Waals surface area contributed by atoms with Crippen LogP contribution in [-0.4, -0.2) is 82.2 Å². The summed E-state index contributed by atoms with van der Waals surface area (Å²) in [6, 6.07) is -2.50. The number of carbonyl (C=O) groups excluding carboxylic acids is 2. The normalized spacial score (nSPS) is 33.5. The van der Waals surface area contributed by atoms with Gasteiger partial charge in [-0.05, 0) is 0 Å². The second kappa shape index (κ2) is 5.74. The van der Waals surface area contributed by atoms with Crippen molar-refractivity contribution in [1.82, 2.24) is 15.3 Å².